The van der Waals surface area contributed by atoms with Crippen LogP contribution in [-0.4, -0.2) is 83.9 Å². The number of carbonyl (C=O) groups excluding carboxylic acids is 1. The average Bonchev–Trinajstić information content (AvgIpc) is 2.74. The highest BCUT2D eigenvalue weighted by molar-refractivity contribution is 6.01. The lowest BCUT2D eigenvalue weighted by Crippen LogP contribution is -2.60. The maximum Gasteiger partial charge on any atom is 0.229 e. The molecule has 3 rings (SSSR count). The second-order valence-corrected chi connectivity index (χ2v) is 7.40. The number of Topliss-reactive ketones (excluding diaryl/α,β-unsaturated/α-hetero) is 1. The Bertz CT molecular complexity index is 951. The number of aryl methyl sites for hydroxylation is 1. The van der Waals surface area contributed by atoms with Crippen LogP contribution in [0.25, 0.3) is 0 Å². The fourth-order valence-corrected chi connectivity index (χ4v) is 3.35. The van der Waals surface area contributed by atoms with Crippen molar-refractivity contribution in [3.63, 3.8) is 0 Å². The van der Waals surface area contributed by atoms with Crippen molar-refractivity contribution in [3.05, 3.63) is 41.5 Å². The van der Waals surface area contributed by atoms with E-state index in [2.05, 4.69) is 0 Å². The Kier molecular flexibility index (Phi) is 7.06. The van der Waals surface area contributed by atoms with Crippen LogP contribution in [0.15, 0.2) is 30.3 Å². The summed E-state index contributed by atoms with van der Waals surface area (Å²) in [6.45, 7) is -0.659. The minimum Gasteiger partial charge on any atom is -0.507 e. The molecule has 1 aliphatic rings. The van der Waals surface area contributed by atoms with Gasteiger partial charge in [-0.15, -0.1) is 0 Å². The molecule has 2 aromatic rings. The summed E-state index contributed by atoms with van der Waals surface area (Å²) in [7, 11) is 0. The Morgan fingerprint density at radius 1 is 0.875 bits per heavy atom. The molecule has 2 aromatic carbocycles. The largest absolute Gasteiger partial charge is 0.507 e. The number of aliphatic hydroxyl groups is 4. The van der Waals surface area contributed by atoms with Gasteiger partial charge in [0.2, 0.25) is 6.29 Å². The van der Waals surface area contributed by atoms with Gasteiger partial charge in [0.15, 0.2) is 17.3 Å². The van der Waals surface area contributed by atoms with Crippen LogP contribution < -0.4 is 4.74 Å². The van der Waals surface area contributed by atoms with Crippen LogP contribution in [0.2, 0.25) is 0 Å². The Balaban J connectivity index is 1.71. The molecule has 32 heavy (non-hydrogen) atoms. The molecule has 1 aliphatic heterocycles. The lowest BCUT2D eigenvalue weighted by molar-refractivity contribution is -0.277. The standard InChI is InChI=1S/C21H24O11/c22-8-16-18(28)19(29)20(30)21(32-16)31-10-6-14(26)17(15(27)7-10)12(24)4-2-9-1-3-11(23)13(25)5-9/h1,3,5-7,16,18-23,25-30H,2,4,8H2/t16-,18-,19+,20-,21?/m0/s1. The molecular weight excluding hydrogens is 428 g/mol. The molecule has 11 heteroatoms. The minimum absolute atomic E-state index is 0.127. The predicted octanol–water partition coefficient (Wildman–Crippen LogP) is -0.497. The van der Waals surface area contributed by atoms with Gasteiger partial charge < -0.3 is 50.3 Å². The van der Waals surface area contributed by atoms with E-state index in [0.29, 0.717) is 5.56 Å². The van der Waals surface area contributed by atoms with Crippen LogP contribution >= 0.6 is 0 Å². The second-order valence-electron chi connectivity index (χ2n) is 7.40. The number of carbonyl (C=O) groups is 1. The maximum atomic E-state index is 12.5. The summed E-state index contributed by atoms with van der Waals surface area (Å²) in [5.74, 6) is -2.66. The fraction of sp³-hybridized carbons (Fsp3) is 0.381. The van der Waals surface area contributed by atoms with Crippen molar-refractivity contribution in [2.24, 2.45) is 0 Å². The summed E-state index contributed by atoms with van der Waals surface area (Å²) in [5.41, 5.74) is 0.185. The van der Waals surface area contributed by atoms with E-state index in [0.717, 1.165) is 12.1 Å². The zero-order chi connectivity index (χ0) is 23.6. The molecule has 5 atom stereocenters. The van der Waals surface area contributed by atoms with E-state index in [1.54, 1.807) is 0 Å². The van der Waals surface area contributed by atoms with E-state index >= 15 is 0 Å². The Morgan fingerprint density at radius 3 is 2.12 bits per heavy atom. The topological polar surface area (TPSA) is 197 Å². The highest BCUT2D eigenvalue weighted by Crippen LogP contribution is 2.35. The third-order valence-electron chi connectivity index (χ3n) is 5.13. The summed E-state index contributed by atoms with van der Waals surface area (Å²) in [6.07, 6.45) is -7.65. The highest BCUT2D eigenvalue weighted by atomic mass is 16.7. The summed E-state index contributed by atoms with van der Waals surface area (Å²) in [6, 6.07) is 6.08. The van der Waals surface area contributed by atoms with E-state index in [-0.39, 0.29) is 35.7 Å². The number of phenols is 4. The Morgan fingerprint density at radius 2 is 1.53 bits per heavy atom. The number of aromatic hydroxyl groups is 4. The molecule has 1 saturated heterocycles. The van der Waals surface area contributed by atoms with Crippen molar-refractivity contribution < 1.29 is 55.1 Å². The van der Waals surface area contributed by atoms with Gasteiger partial charge in [-0.05, 0) is 24.1 Å². The van der Waals surface area contributed by atoms with Crippen molar-refractivity contribution in [1.82, 2.24) is 0 Å². The van der Waals surface area contributed by atoms with Crippen LogP contribution in [0.4, 0.5) is 0 Å². The van der Waals surface area contributed by atoms with Gasteiger partial charge in [0.05, 0.1) is 6.61 Å². The van der Waals surface area contributed by atoms with Crippen LogP contribution in [0.3, 0.4) is 0 Å². The van der Waals surface area contributed by atoms with Crippen molar-refractivity contribution >= 4 is 5.78 Å². The summed E-state index contributed by atoms with van der Waals surface area (Å²) >= 11 is 0. The first-order chi connectivity index (χ1) is 15.1. The molecule has 0 spiro atoms. The molecule has 0 radical (unpaired) electrons. The van der Waals surface area contributed by atoms with Crippen LogP contribution in [0, 0.1) is 0 Å². The zero-order valence-electron chi connectivity index (χ0n) is 16.7. The van der Waals surface area contributed by atoms with Crippen molar-refractivity contribution in [2.45, 2.75) is 43.5 Å². The first-order valence-electron chi connectivity index (χ1n) is 9.69. The summed E-state index contributed by atoms with van der Waals surface area (Å²) in [4.78, 5) is 12.5. The molecule has 1 unspecified atom stereocenters. The smallest absolute Gasteiger partial charge is 0.229 e. The predicted molar refractivity (Wildman–Crippen MR) is 107 cm³/mol. The molecule has 11 nitrogen and oxygen atoms in total. The van der Waals surface area contributed by atoms with Crippen molar-refractivity contribution in [2.75, 3.05) is 6.61 Å². The quantitative estimate of drug-likeness (QED) is 0.199. The van der Waals surface area contributed by atoms with Gasteiger partial charge in [0.25, 0.3) is 0 Å². The number of hydrogen-bond acceptors (Lipinski definition) is 11. The molecule has 0 bridgehead atoms. The third-order valence-corrected chi connectivity index (χ3v) is 5.13. The van der Waals surface area contributed by atoms with Gasteiger partial charge in [0.1, 0.15) is 47.2 Å². The molecule has 174 valence electrons. The molecule has 0 amide bonds. The van der Waals surface area contributed by atoms with Crippen molar-refractivity contribution in [3.8, 4) is 28.7 Å². The van der Waals surface area contributed by atoms with Gasteiger partial charge in [-0.2, -0.15) is 0 Å². The number of ketones is 1. The van der Waals surface area contributed by atoms with Crippen molar-refractivity contribution in [1.29, 1.82) is 0 Å². The summed E-state index contributed by atoms with van der Waals surface area (Å²) < 4.78 is 10.5. The maximum absolute atomic E-state index is 12.5. The Hall–Kier alpha value is -3.09. The first-order valence-corrected chi connectivity index (χ1v) is 9.69. The van der Waals surface area contributed by atoms with Crippen LogP contribution in [-0.2, 0) is 11.2 Å². The fourth-order valence-electron chi connectivity index (χ4n) is 3.35. The van der Waals surface area contributed by atoms with Gasteiger partial charge in [-0.25, -0.2) is 0 Å². The SMILES string of the molecule is O=C(CCc1ccc(O)c(O)c1)c1c(O)cc(OC2O[C@@H](CO)[C@H](O)[C@@H](O)[C@@H]2O)cc1O. The first kappa shape index (κ1) is 23.6. The normalized spacial score (nSPS) is 25.4. The Labute approximate surface area is 182 Å². The number of aliphatic hydroxyl groups excluding tert-OH is 4. The number of benzene rings is 2. The average molecular weight is 452 g/mol. The molecule has 1 heterocycles. The van der Waals surface area contributed by atoms with Gasteiger partial charge in [0, 0.05) is 18.6 Å². The minimum atomic E-state index is -1.69. The zero-order valence-corrected chi connectivity index (χ0v) is 16.7. The number of hydrogen-bond donors (Lipinski definition) is 8. The van der Waals surface area contributed by atoms with Crippen LogP contribution in [0.5, 0.6) is 28.7 Å². The number of phenolic OH excluding ortho intramolecular Hbond substituents is 4. The number of rotatable bonds is 7. The van der Waals surface area contributed by atoms with E-state index in [1.807, 2.05) is 0 Å². The highest BCUT2D eigenvalue weighted by Gasteiger charge is 2.44. The van der Waals surface area contributed by atoms with Gasteiger partial charge >= 0.3 is 0 Å². The van der Waals surface area contributed by atoms with E-state index in [1.165, 1.54) is 18.2 Å². The van der Waals surface area contributed by atoms with E-state index in [4.69, 9.17) is 9.47 Å². The molecule has 0 aliphatic carbocycles. The number of ether oxygens (including phenoxy) is 2. The van der Waals surface area contributed by atoms with E-state index < -0.39 is 54.6 Å². The third kappa shape index (κ3) is 4.87. The van der Waals surface area contributed by atoms with Gasteiger partial charge in [-0.1, -0.05) is 6.07 Å². The van der Waals surface area contributed by atoms with Gasteiger partial charge in [-0.3, -0.25) is 4.79 Å². The summed E-state index contributed by atoms with van der Waals surface area (Å²) in [5, 5.41) is 78.2. The lowest BCUT2D eigenvalue weighted by Gasteiger charge is -2.39. The second kappa shape index (κ2) is 9.59. The molecule has 0 saturated carbocycles. The molecule has 1 fully saturated rings. The lowest BCUT2D eigenvalue weighted by atomic mass is 9.99. The molecule has 0 aromatic heterocycles. The molecule has 8 N–H and O–H groups in total. The molecular formula is C21H24O11. The monoisotopic (exact) mass is 452 g/mol. The van der Waals surface area contributed by atoms with Crippen LogP contribution in [0.1, 0.15) is 22.3 Å². The van der Waals surface area contributed by atoms with E-state index in [9.17, 15) is 45.6 Å².